The Morgan fingerprint density at radius 3 is 2.94 bits per heavy atom. The summed E-state index contributed by atoms with van der Waals surface area (Å²) >= 11 is 3.27. The Morgan fingerprint density at radius 2 is 2.24 bits per heavy atom. The lowest BCUT2D eigenvalue weighted by Gasteiger charge is -2.07. The molecule has 4 N–H and O–H groups in total. The Bertz CT molecular complexity index is 597. The molecule has 2 aromatic rings. The van der Waals surface area contributed by atoms with E-state index in [1.54, 1.807) is 12.1 Å². The number of ether oxygens (including phenoxy) is 2. The number of hydrogen-bond acceptors (Lipinski definition) is 5. The number of nitrogens with two attached hydrogens (primary N) is 1. The lowest BCUT2D eigenvalue weighted by atomic mass is 10.1. The van der Waals surface area contributed by atoms with Gasteiger partial charge in [-0.15, -0.1) is 0 Å². The Hall–Kier alpha value is -1.89. The molecule has 1 aromatic carbocycles. The highest BCUT2D eigenvalue weighted by Gasteiger charge is 2.24. The number of nitrogen functional groups attached to an aromatic ring is 1. The molecule has 0 fully saturated rings. The average Bonchev–Trinajstić information content (AvgIpc) is 2.91. The van der Waals surface area contributed by atoms with Crippen molar-refractivity contribution in [2.45, 2.75) is 0 Å². The largest absolute Gasteiger partial charge is 0.506 e. The van der Waals surface area contributed by atoms with Crippen molar-refractivity contribution < 1.29 is 14.6 Å². The van der Waals surface area contributed by atoms with Gasteiger partial charge in [-0.25, -0.2) is 0 Å². The fourth-order valence-corrected chi connectivity index (χ4v) is 2.20. The number of hydrogen-bond donors (Lipinski definition) is 3. The topological polar surface area (TPSA) is 93.4 Å². The first-order chi connectivity index (χ1) is 8.16. The van der Waals surface area contributed by atoms with E-state index >= 15 is 0 Å². The monoisotopic (exact) mass is 297 g/mol. The number of phenolic OH excluding ortho intramolecular Hbond substituents is 1. The SMILES string of the molecule is Nc1cc(-c2cc3c(c(Br)c2O)OCO3)[nH]n1. The third-order valence-corrected chi connectivity index (χ3v) is 3.20. The van der Waals surface area contributed by atoms with Gasteiger partial charge in [0.25, 0.3) is 0 Å². The summed E-state index contributed by atoms with van der Waals surface area (Å²) in [7, 11) is 0. The molecule has 0 saturated carbocycles. The maximum Gasteiger partial charge on any atom is 0.231 e. The molecule has 17 heavy (non-hydrogen) atoms. The van der Waals surface area contributed by atoms with Gasteiger partial charge < -0.3 is 20.3 Å². The lowest BCUT2D eigenvalue weighted by Crippen LogP contribution is -1.93. The maximum absolute atomic E-state index is 10.1. The highest BCUT2D eigenvalue weighted by atomic mass is 79.9. The summed E-state index contributed by atoms with van der Waals surface area (Å²) in [5.41, 5.74) is 6.68. The van der Waals surface area contributed by atoms with Crippen LogP contribution in [0.4, 0.5) is 5.82 Å². The molecule has 0 atom stereocenters. The van der Waals surface area contributed by atoms with Crippen molar-refractivity contribution in [2.24, 2.45) is 0 Å². The second-order valence-electron chi connectivity index (χ2n) is 3.53. The minimum absolute atomic E-state index is 0.0536. The van der Waals surface area contributed by atoms with E-state index in [9.17, 15) is 5.11 Å². The zero-order valence-corrected chi connectivity index (χ0v) is 10.1. The van der Waals surface area contributed by atoms with E-state index in [1.165, 1.54) is 0 Å². The van der Waals surface area contributed by atoms with Crippen LogP contribution in [0.5, 0.6) is 17.2 Å². The highest BCUT2D eigenvalue weighted by Crippen LogP contribution is 2.48. The molecule has 0 aliphatic carbocycles. The third kappa shape index (κ3) is 1.50. The zero-order chi connectivity index (χ0) is 12.0. The molecule has 0 saturated heterocycles. The van der Waals surface area contributed by atoms with Gasteiger partial charge in [0.1, 0.15) is 16.0 Å². The third-order valence-electron chi connectivity index (χ3n) is 2.47. The van der Waals surface area contributed by atoms with E-state index < -0.39 is 0 Å². The van der Waals surface area contributed by atoms with Gasteiger partial charge in [0.2, 0.25) is 6.79 Å². The van der Waals surface area contributed by atoms with Crippen LogP contribution in [-0.4, -0.2) is 22.1 Å². The minimum Gasteiger partial charge on any atom is -0.506 e. The first-order valence-electron chi connectivity index (χ1n) is 4.79. The molecule has 0 radical (unpaired) electrons. The van der Waals surface area contributed by atoms with E-state index in [4.69, 9.17) is 15.2 Å². The quantitative estimate of drug-likeness (QED) is 0.747. The molecule has 88 valence electrons. The predicted molar refractivity (Wildman–Crippen MR) is 63.9 cm³/mol. The van der Waals surface area contributed by atoms with E-state index in [1.807, 2.05) is 0 Å². The van der Waals surface area contributed by atoms with Crippen LogP contribution in [0.25, 0.3) is 11.3 Å². The van der Waals surface area contributed by atoms with E-state index in [0.717, 1.165) is 0 Å². The smallest absolute Gasteiger partial charge is 0.231 e. The van der Waals surface area contributed by atoms with Crippen LogP contribution < -0.4 is 15.2 Å². The van der Waals surface area contributed by atoms with E-state index in [0.29, 0.717) is 33.0 Å². The van der Waals surface area contributed by atoms with E-state index in [2.05, 4.69) is 26.1 Å². The predicted octanol–water partition coefficient (Wildman–Crippen LogP) is 1.86. The van der Waals surface area contributed by atoms with E-state index in [-0.39, 0.29) is 12.5 Å². The number of halogens is 1. The fraction of sp³-hybridized carbons (Fsp3) is 0.100. The number of benzene rings is 1. The van der Waals surface area contributed by atoms with Crippen molar-refractivity contribution in [3.05, 3.63) is 16.6 Å². The van der Waals surface area contributed by atoms with Crippen LogP contribution in [0.15, 0.2) is 16.6 Å². The lowest BCUT2D eigenvalue weighted by molar-refractivity contribution is 0.173. The molecule has 0 amide bonds. The molecular weight excluding hydrogens is 290 g/mol. The number of aromatic nitrogens is 2. The molecule has 0 bridgehead atoms. The Morgan fingerprint density at radius 1 is 1.41 bits per heavy atom. The van der Waals surface area contributed by atoms with Gasteiger partial charge in [-0.05, 0) is 22.0 Å². The summed E-state index contributed by atoms with van der Waals surface area (Å²) in [5, 5.41) is 16.6. The maximum atomic E-state index is 10.1. The minimum atomic E-state index is 0.0536. The second-order valence-corrected chi connectivity index (χ2v) is 4.32. The van der Waals surface area contributed by atoms with Crippen molar-refractivity contribution in [3.8, 4) is 28.5 Å². The van der Waals surface area contributed by atoms with Gasteiger partial charge in [0.15, 0.2) is 11.5 Å². The summed E-state index contributed by atoms with van der Waals surface area (Å²) in [6, 6.07) is 3.30. The number of anilines is 1. The van der Waals surface area contributed by atoms with Crippen LogP contribution in [0.3, 0.4) is 0 Å². The van der Waals surface area contributed by atoms with Crippen molar-refractivity contribution >= 4 is 21.7 Å². The number of nitrogens with one attached hydrogen (secondary N) is 1. The zero-order valence-electron chi connectivity index (χ0n) is 8.53. The molecule has 6 nitrogen and oxygen atoms in total. The second kappa shape index (κ2) is 3.56. The molecule has 1 aliphatic rings. The van der Waals surface area contributed by atoms with Crippen LogP contribution >= 0.6 is 15.9 Å². The molecule has 1 aromatic heterocycles. The standard InChI is InChI=1S/C10H8BrN3O3/c11-8-9(15)4(5-2-7(12)14-13-5)1-6-10(8)17-3-16-6/h1-2,15H,3H2,(H3,12,13,14). The van der Waals surface area contributed by atoms with Gasteiger partial charge in [-0.1, -0.05) is 0 Å². The van der Waals surface area contributed by atoms with Crippen LogP contribution in [0.2, 0.25) is 0 Å². The van der Waals surface area contributed by atoms with Crippen LogP contribution in [-0.2, 0) is 0 Å². The molecule has 2 heterocycles. The van der Waals surface area contributed by atoms with Crippen molar-refractivity contribution in [3.63, 3.8) is 0 Å². The summed E-state index contributed by atoms with van der Waals surface area (Å²) in [6.07, 6.45) is 0. The summed E-state index contributed by atoms with van der Waals surface area (Å²) < 4.78 is 11.0. The van der Waals surface area contributed by atoms with Gasteiger partial charge >= 0.3 is 0 Å². The Kier molecular flexibility index (Phi) is 2.15. The van der Waals surface area contributed by atoms with Gasteiger partial charge in [0.05, 0.1) is 5.69 Å². The molecule has 0 spiro atoms. The average molecular weight is 298 g/mol. The fourth-order valence-electron chi connectivity index (χ4n) is 1.67. The molecule has 0 unspecified atom stereocenters. The Labute approximate surface area is 104 Å². The molecular formula is C10H8BrN3O3. The number of aromatic hydroxyl groups is 1. The Balaban J connectivity index is 2.21. The van der Waals surface area contributed by atoms with Gasteiger partial charge in [-0.3, -0.25) is 5.10 Å². The first-order valence-corrected chi connectivity index (χ1v) is 5.58. The normalized spacial score (nSPS) is 13.0. The number of H-pyrrole nitrogens is 1. The van der Waals surface area contributed by atoms with Crippen molar-refractivity contribution in [1.82, 2.24) is 10.2 Å². The highest BCUT2D eigenvalue weighted by molar-refractivity contribution is 9.10. The molecule has 7 heteroatoms. The van der Waals surface area contributed by atoms with Gasteiger partial charge in [0, 0.05) is 11.6 Å². The number of nitrogens with zero attached hydrogens (tertiary/aromatic N) is 1. The summed E-state index contributed by atoms with van der Waals surface area (Å²) in [6.45, 7) is 0.141. The first kappa shape index (κ1) is 10.3. The number of aromatic amines is 1. The van der Waals surface area contributed by atoms with Gasteiger partial charge in [-0.2, -0.15) is 5.10 Å². The summed E-state index contributed by atoms with van der Waals surface area (Å²) in [5.74, 6) is 1.47. The molecule has 1 aliphatic heterocycles. The number of phenols is 1. The van der Waals surface area contributed by atoms with Crippen LogP contribution in [0, 0.1) is 0 Å². The van der Waals surface area contributed by atoms with Crippen molar-refractivity contribution in [2.75, 3.05) is 12.5 Å². The summed E-state index contributed by atoms with van der Waals surface area (Å²) in [4.78, 5) is 0. The number of rotatable bonds is 1. The number of fused-ring (bicyclic) bond motifs is 1. The van der Waals surface area contributed by atoms with Crippen LogP contribution in [0.1, 0.15) is 0 Å². The molecule has 3 rings (SSSR count). The van der Waals surface area contributed by atoms with Crippen molar-refractivity contribution in [1.29, 1.82) is 0 Å².